The van der Waals surface area contributed by atoms with Crippen LogP contribution in [0.2, 0.25) is 0 Å². The van der Waals surface area contributed by atoms with E-state index in [0.717, 1.165) is 11.1 Å². The molecule has 28 heavy (non-hydrogen) atoms. The summed E-state index contributed by atoms with van der Waals surface area (Å²) in [6.45, 7) is 2.10. The number of esters is 1. The fraction of sp³-hybridized carbons (Fsp3) is 0.100. The van der Waals surface area contributed by atoms with Gasteiger partial charge < -0.3 is 14.9 Å². The first-order valence-corrected chi connectivity index (χ1v) is 8.66. The molecule has 8 nitrogen and oxygen atoms in total. The van der Waals surface area contributed by atoms with E-state index in [0.29, 0.717) is 29.5 Å². The van der Waals surface area contributed by atoms with Gasteiger partial charge in [0.25, 0.3) is 0 Å². The molecule has 0 radical (unpaired) electrons. The summed E-state index contributed by atoms with van der Waals surface area (Å²) in [6, 6.07) is 11.1. The highest BCUT2D eigenvalue weighted by atomic mass is 16.5. The molecule has 1 aromatic carbocycles. The molecule has 3 aromatic heterocycles. The Morgan fingerprint density at radius 1 is 1.29 bits per heavy atom. The van der Waals surface area contributed by atoms with Crippen molar-refractivity contribution in [1.29, 1.82) is 0 Å². The summed E-state index contributed by atoms with van der Waals surface area (Å²) >= 11 is 0. The zero-order valence-corrected chi connectivity index (χ0v) is 15.1. The summed E-state index contributed by atoms with van der Waals surface area (Å²) < 4.78 is 11.8. The van der Waals surface area contributed by atoms with Crippen LogP contribution in [0.1, 0.15) is 12.5 Å². The molecule has 0 atom stereocenters. The van der Waals surface area contributed by atoms with Gasteiger partial charge in [-0.05, 0) is 36.8 Å². The van der Waals surface area contributed by atoms with Crippen LogP contribution in [-0.2, 0) is 9.53 Å². The second-order valence-corrected chi connectivity index (χ2v) is 5.90. The average molecular weight is 375 g/mol. The van der Waals surface area contributed by atoms with Crippen molar-refractivity contribution in [2.24, 2.45) is 0 Å². The van der Waals surface area contributed by atoms with Crippen molar-refractivity contribution in [3.63, 3.8) is 0 Å². The Morgan fingerprint density at radius 2 is 2.18 bits per heavy atom. The molecular weight excluding hydrogens is 358 g/mol. The number of carbonyl (C=O) groups is 1. The van der Waals surface area contributed by atoms with Crippen molar-refractivity contribution < 1.29 is 13.9 Å². The highest BCUT2D eigenvalue weighted by molar-refractivity contribution is 5.87. The summed E-state index contributed by atoms with van der Waals surface area (Å²) in [6.07, 6.45) is 6.39. The maximum absolute atomic E-state index is 11.5. The van der Waals surface area contributed by atoms with Gasteiger partial charge in [0.2, 0.25) is 5.82 Å². The van der Waals surface area contributed by atoms with Crippen molar-refractivity contribution in [2.45, 2.75) is 6.92 Å². The first-order valence-electron chi connectivity index (χ1n) is 8.66. The van der Waals surface area contributed by atoms with Crippen LogP contribution < -0.4 is 5.73 Å². The van der Waals surface area contributed by atoms with Crippen molar-refractivity contribution in [1.82, 2.24) is 19.6 Å². The smallest absolute Gasteiger partial charge is 0.330 e. The number of aromatic nitrogens is 4. The van der Waals surface area contributed by atoms with Gasteiger partial charge in [0.15, 0.2) is 17.2 Å². The molecule has 0 aliphatic carbocycles. The summed E-state index contributed by atoms with van der Waals surface area (Å²) in [7, 11) is 0. The third-order valence-electron chi connectivity index (χ3n) is 3.97. The number of benzene rings is 1. The number of carbonyl (C=O) groups excluding carboxylic acids is 1. The molecule has 3 heterocycles. The van der Waals surface area contributed by atoms with Crippen molar-refractivity contribution in [2.75, 3.05) is 12.3 Å². The van der Waals surface area contributed by atoms with Gasteiger partial charge in [0.05, 0.1) is 24.8 Å². The molecule has 0 spiro atoms. The molecule has 4 aromatic rings. The quantitative estimate of drug-likeness (QED) is 0.421. The molecular formula is C20H17N5O3. The Morgan fingerprint density at radius 3 is 2.96 bits per heavy atom. The van der Waals surface area contributed by atoms with Crippen molar-refractivity contribution >= 4 is 23.5 Å². The van der Waals surface area contributed by atoms with E-state index >= 15 is 0 Å². The zero-order chi connectivity index (χ0) is 19.5. The fourth-order valence-corrected chi connectivity index (χ4v) is 2.72. The molecule has 0 saturated carbocycles. The first-order chi connectivity index (χ1) is 13.6. The molecule has 0 fully saturated rings. The van der Waals surface area contributed by atoms with Crippen LogP contribution in [0.5, 0.6) is 0 Å². The number of nitrogen functional groups attached to an aromatic ring is 1. The Bertz CT molecular complexity index is 1160. The van der Waals surface area contributed by atoms with Gasteiger partial charge in [-0.15, -0.1) is 5.10 Å². The minimum absolute atomic E-state index is 0.260. The van der Waals surface area contributed by atoms with Crippen molar-refractivity contribution in [3.8, 4) is 22.8 Å². The van der Waals surface area contributed by atoms with E-state index in [2.05, 4.69) is 15.1 Å². The highest BCUT2D eigenvalue weighted by Gasteiger charge is 2.13. The normalized spacial score (nSPS) is 11.3. The lowest BCUT2D eigenvalue weighted by Crippen LogP contribution is -2.00. The molecule has 0 bridgehead atoms. The second-order valence-electron chi connectivity index (χ2n) is 5.90. The molecule has 2 N–H and O–H groups in total. The number of hydrogen-bond donors (Lipinski definition) is 1. The third kappa shape index (κ3) is 3.48. The topological polar surface area (TPSA) is 109 Å². The van der Waals surface area contributed by atoms with Crippen LogP contribution in [0.3, 0.4) is 0 Å². The number of ether oxygens (including phenoxy) is 1. The van der Waals surface area contributed by atoms with Crippen LogP contribution in [0.25, 0.3) is 34.6 Å². The van der Waals surface area contributed by atoms with Gasteiger partial charge in [-0.25, -0.2) is 19.3 Å². The maximum Gasteiger partial charge on any atom is 0.330 e. The maximum atomic E-state index is 11.5. The van der Waals surface area contributed by atoms with E-state index in [9.17, 15) is 4.79 Å². The van der Waals surface area contributed by atoms with E-state index in [1.807, 2.05) is 24.3 Å². The van der Waals surface area contributed by atoms with Crippen LogP contribution in [0, 0.1) is 0 Å². The minimum atomic E-state index is -0.384. The van der Waals surface area contributed by atoms with Gasteiger partial charge in [-0.1, -0.05) is 18.2 Å². The van der Waals surface area contributed by atoms with Gasteiger partial charge in [0.1, 0.15) is 0 Å². The number of nitrogens with zero attached hydrogens (tertiary/aromatic N) is 4. The molecule has 0 saturated heterocycles. The third-order valence-corrected chi connectivity index (χ3v) is 3.97. The molecule has 0 amide bonds. The highest BCUT2D eigenvalue weighted by Crippen LogP contribution is 2.24. The predicted molar refractivity (Wildman–Crippen MR) is 104 cm³/mol. The lowest BCUT2D eigenvalue weighted by atomic mass is 10.1. The lowest BCUT2D eigenvalue weighted by Gasteiger charge is -2.04. The molecule has 0 unspecified atom stereocenters. The number of hydrogen-bond acceptors (Lipinski definition) is 7. The van der Waals surface area contributed by atoms with Crippen LogP contribution >= 0.6 is 0 Å². The first kappa shape index (κ1) is 17.5. The predicted octanol–water partition coefficient (Wildman–Crippen LogP) is 3.21. The lowest BCUT2D eigenvalue weighted by molar-refractivity contribution is -0.137. The largest absolute Gasteiger partial charge is 0.463 e. The molecule has 8 heteroatoms. The van der Waals surface area contributed by atoms with Crippen LogP contribution in [0.15, 0.2) is 59.4 Å². The fourth-order valence-electron chi connectivity index (χ4n) is 2.72. The Kier molecular flexibility index (Phi) is 4.59. The van der Waals surface area contributed by atoms with E-state index in [1.54, 1.807) is 42.1 Å². The van der Waals surface area contributed by atoms with E-state index in [1.165, 1.54) is 6.08 Å². The Balaban J connectivity index is 1.69. The Labute approximate surface area is 160 Å². The number of fused-ring (bicyclic) bond motifs is 1. The zero-order valence-electron chi connectivity index (χ0n) is 15.1. The molecule has 0 aliphatic rings. The van der Waals surface area contributed by atoms with E-state index < -0.39 is 0 Å². The summed E-state index contributed by atoms with van der Waals surface area (Å²) in [5.74, 6) is 0.859. The molecule has 0 aliphatic heterocycles. The van der Waals surface area contributed by atoms with Gasteiger partial charge in [-0.3, -0.25) is 0 Å². The second kappa shape index (κ2) is 7.36. The minimum Gasteiger partial charge on any atom is -0.463 e. The van der Waals surface area contributed by atoms with Crippen molar-refractivity contribution in [3.05, 3.63) is 60.5 Å². The van der Waals surface area contributed by atoms with Crippen LogP contribution in [-0.4, -0.2) is 32.2 Å². The number of anilines is 1. The van der Waals surface area contributed by atoms with Gasteiger partial charge >= 0.3 is 5.97 Å². The number of rotatable bonds is 5. The molecule has 140 valence electrons. The number of furan rings is 1. The van der Waals surface area contributed by atoms with Gasteiger partial charge in [-0.2, -0.15) is 0 Å². The number of nitrogens with two attached hydrogens (primary N) is 1. The summed E-state index contributed by atoms with van der Waals surface area (Å²) in [5, 5.41) is 4.42. The van der Waals surface area contributed by atoms with Gasteiger partial charge in [0, 0.05) is 11.6 Å². The van der Waals surface area contributed by atoms with E-state index in [-0.39, 0.29) is 11.8 Å². The summed E-state index contributed by atoms with van der Waals surface area (Å²) in [4.78, 5) is 20.3. The standard InChI is InChI=1S/C20H17N5O3/c1-2-27-17(26)9-8-13-5-3-6-14(11-13)15-12-25-20(18(21)22-15)23-19(24-25)16-7-4-10-28-16/h3-12H,2H2,1H3,(H2,21,22). The Hall–Kier alpha value is -3.94. The SMILES string of the molecule is CCOC(=O)C=Cc1cccc(-c2cn3nc(-c4ccco4)nc3c(N)n2)c1. The molecule has 4 rings (SSSR count). The summed E-state index contributed by atoms with van der Waals surface area (Å²) in [5.41, 5.74) is 8.84. The van der Waals surface area contributed by atoms with E-state index in [4.69, 9.17) is 14.9 Å². The average Bonchev–Trinajstić information content (AvgIpc) is 3.36. The monoisotopic (exact) mass is 375 g/mol. The van der Waals surface area contributed by atoms with Crippen LogP contribution in [0.4, 0.5) is 5.82 Å².